The lowest BCUT2D eigenvalue weighted by Crippen LogP contribution is -2.28. The van der Waals surface area contributed by atoms with Gasteiger partial charge < -0.3 is 19.9 Å². The van der Waals surface area contributed by atoms with E-state index in [1.807, 2.05) is 6.92 Å². The monoisotopic (exact) mass is 486 g/mol. The number of aromatic nitrogens is 1. The van der Waals surface area contributed by atoms with Gasteiger partial charge in [0.15, 0.2) is 11.5 Å². The minimum Gasteiger partial charge on any atom is -0.478 e. The van der Waals surface area contributed by atoms with E-state index in [4.69, 9.17) is 11.6 Å². The maximum Gasteiger partial charge on any atom is 0.586 e. The standard InChI is InChI=1S/C24H17ClF2N2O5/c1-12-2-7-19(28-20(12)13-3-5-16(25)15(10-13)21(30)31)29-22(32)23(8-9-23)14-4-6-17-18(11-14)34-24(26,27)33-17/h2-7,10-11H,8-9H2,1H3,(H,30,31)(H,28,29,32). The first-order chi connectivity index (χ1) is 16.1. The number of pyridine rings is 1. The lowest BCUT2D eigenvalue weighted by Gasteiger charge is -2.17. The number of anilines is 1. The van der Waals surface area contributed by atoms with Crippen LogP contribution in [0.1, 0.15) is 34.3 Å². The molecule has 1 fully saturated rings. The maximum atomic E-state index is 13.4. The fourth-order valence-electron chi connectivity index (χ4n) is 3.98. The molecular formula is C24H17ClF2N2O5. The van der Waals surface area contributed by atoms with Crippen LogP contribution >= 0.6 is 11.6 Å². The fraction of sp³-hybridized carbons (Fsp3) is 0.208. The zero-order valence-corrected chi connectivity index (χ0v) is 18.5. The van der Waals surface area contributed by atoms with E-state index in [2.05, 4.69) is 19.8 Å². The van der Waals surface area contributed by atoms with Gasteiger partial charge in [-0.05, 0) is 61.2 Å². The highest BCUT2D eigenvalue weighted by atomic mass is 35.5. The second-order valence-electron chi connectivity index (χ2n) is 8.23. The van der Waals surface area contributed by atoms with Gasteiger partial charge in [-0.25, -0.2) is 9.78 Å². The Bertz CT molecular complexity index is 1360. The number of aryl methyl sites for hydroxylation is 1. The molecule has 2 aliphatic rings. The van der Waals surface area contributed by atoms with Crippen LogP contribution in [0.2, 0.25) is 5.02 Å². The number of alkyl halides is 2. The van der Waals surface area contributed by atoms with Crippen LogP contribution in [-0.2, 0) is 10.2 Å². The van der Waals surface area contributed by atoms with Gasteiger partial charge in [-0.3, -0.25) is 4.79 Å². The smallest absolute Gasteiger partial charge is 0.478 e. The molecule has 7 nitrogen and oxygen atoms in total. The van der Waals surface area contributed by atoms with E-state index in [-0.39, 0.29) is 33.8 Å². The number of rotatable bonds is 5. The van der Waals surface area contributed by atoms with E-state index in [9.17, 15) is 23.5 Å². The van der Waals surface area contributed by atoms with Gasteiger partial charge in [-0.1, -0.05) is 29.8 Å². The molecule has 174 valence electrons. The molecule has 34 heavy (non-hydrogen) atoms. The molecule has 0 unspecified atom stereocenters. The van der Waals surface area contributed by atoms with Crippen LogP contribution in [0.3, 0.4) is 0 Å². The van der Waals surface area contributed by atoms with Gasteiger partial charge in [-0.15, -0.1) is 8.78 Å². The van der Waals surface area contributed by atoms with Crippen molar-refractivity contribution in [2.24, 2.45) is 0 Å². The van der Waals surface area contributed by atoms with Gasteiger partial charge in [0.05, 0.1) is 21.7 Å². The normalized spacial score (nSPS) is 16.7. The van der Waals surface area contributed by atoms with Crippen LogP contribution in [0.5, 0.6) is 11.5 Å². The van der Waals surface area contributed by atoms with Gasteiger partial charge in [0, 0.05) is 5.56 Å². The molecule has 2 heterocycles. The molecule has 1 amide bonds. The molecule has 2 N–H and O–H groups in total. The first-order valence-electron chi connectivity index (χ1n) is 10.3. The average Bonchev–Trinajstić information content (AvgIpc) is 3.52. The topological polar surface area (TPSA) is 97.8 Å². The van der Waals surface area contributed by atoms with Crippen LogP contribution in [0.4, 0.5) is 14.6 Å². The third kappa shape index (κ3) is 3.81. The van der Waals surface area contributed by atoms with Crippen LogP contribution in [-0.4, -0.2) is 28.3 Å². The summed E-state index contributed by atoms with van der Waals surface area (Å²) >= 11 is 5.97. The van der Waals surface area contributed by atoms with Crippen LogP contribution in [0, 0.1) is 6.92 Å². The number of fused-ring (bicyclic) bond motifs is 1. The second kappa shape index (κ2) is 7.66. The number of hydrogen-bond acceptors (Lipinski definition) is 5. The number of carbonyl (C=O) groups excluding carboxylic acids is 1. The predicted molar refractivity (Wildman–Crippen MR) is 119 cm³/mol. The average molecular weight is 487 g/mol. The molecule has 2 aromatic carbocycles. The largest absolute Gasteiger partial charge is 0.586 e. The number of halogens is 3. The van der Waals surface area contributed by atoms with Crippen molar-refractivity contribution < 1.29 is 33.0 Å². The van der Waals surface area contributed by atoms with Crippen molar-refractivity contribution in [2.75, 3.05) is 5.32 Å². The van der Waals surface area contributed by atoms with E-state index in [0.717, 1.165) is 5.56 Å². The summed E-state index contributed by atoms with van der Waals surface area (Å²) in [4.78, 5) is 29.1. The fourth-order valence-corrected chi connectivity index (χ4v) is 4.18. The van der Waals surface area contributed by atoms with E-state index in [1.165, 1.54) is 24.3 Å². The Labute approximate surface area is 197 Å². The Morgan fingerprint density at radius 3 is 2.50 bits per heavy atom. The number of carbonyl (C=O) groups is 2. The van der Waals surface area contributed by atoms with Crippen molar-refractivity contribution in [1.29, 1.82) is 0 Å². The predicted octanol–water partition coefficient (Wildman–Crippen LogP) is 5.40. The molecule has 1 aliphatic carbocycles. The Hall–Kier alpha value is -3.72. The lowest BCUT2D eigenvalue weighted by atomic mass is 9.94. The summed E-state index contributed by atoms with van der Waals surface area (Å²) in [5.41, 5.74) is 1.40. The Morgan fingerprint density at radius 1 is 1.06 bits per heavy atom. The highest BCUT2D eigenvalue weighted by Gasteiger charge is 2.53. The molecule has 0 radical (unpaired) electrons. The van der Waals surface area contributed by atoms with Crippen LogP contribution in [0.25, 0.3) is 11.3 Å². The number of ether oxygens (including phenoxy) is 2. The van der Waals surface area contributed by atoms with E-state index >= 15 is 0 Å². The summed E-state index contributed by atoms with van der Waals surface area (Å²) < 4.78 is 35.7. The molecule has 0 spiro atoms. The summed E-state index contributed by atoms with van der Waals surface area (Å²) in [7, 11) is 0. The molecule has 0 bridgehead atoms. The van der Waals surface area contributed by atoms with Crippen molar-refractivity contribution in [3.63, 3.8) is 0 Å². The summed E-state index contributed by atoms with van der Waals surface area (Å²) in [6, 6.07) is 12.3. The number of benzene rings is 2. The highest BCUT2D eigenvalue weighted by molar-refractivity contribution is 6.33. The molecular weight excluding hydrogens is 470 g/mol. The van der Waals surface area contributed by atoms with Crippen molar-refractivity contribution in [1.82, 2.24) is 4.98 Å². The van der Waals surface area contributed by atoms with Gasteiger partial charge in [-0.2, -0.15) is 0 Å². The number of nitrogens with one attached hydrogen (secondary N) is 1. The van der Waals surface area contributed by atoms with Gasteiger partial charge >= 0.3 is 12.3 Å². The molecule has 0 saturated heterocycles. The van der Waals surface area contributed by atoms with E-state index < -0.39 is 17.7 Å². The van der Waals surface area contributed by atoms with Gasteiger partial charge in [0.1, 0.15) is 5.82 Å². The number of amides is 1. The Kier molecular flexibility index (Phi) is 4.98. The molecule has 3 aromatic rings. The van der Waals surface area contributed by atoms with E-state index in [0.29, 0.717) is 29.7 Å². The van der Waals surface area contributed by atoms with Gasteiger partial charge in [0.25, 0.3) is 0 Å². The van der Waals surface area contributed by atoms with Crippen molar-refractivity contribution >= 4 is 29.3 Å². The summed E-state index contributed by atoms with van der Waals surface area (Å²) in [6.45, 7) is 1.81. The SMILES string of the molecule is Cc1ccc(NC(=O)C2(c3ccc4c(c3)OC(F)(F)O4)CC2)nc1-c1ccc(Cl)c(C(=O)O)c1. The quantitative estimate of drug-likeness (QED) is 0.501. The van der Waals surface area contributed by atoms with Crippen molar-refractivity contribution in [3.8, 4) is 22.8 Å². The zero-order valence-electron chi connectivity index (χ0n) is 17.7. The number of carboxylic acid groups (broad SMARTS) is 1. The number of carboxylic acids is 1. The van der Waals surface area contributed by atoms with Crippen LogP contribution in [0.15, 0.2) is 48.5 Å². The zero-order chi connectivity index (χ0) is 24.3. The highest BCUT2D eigenvalue weighted by Crippen LogP contribution is 2.52. The van der Waals surface area contributed by atoms with Gasteiger partial charge in [0.2, 0.25) is 5.91 Å². The van der Waals surface area contributed by atoms with Crippen molar-refractivity contribution in [3.05, 3.63) is 70.2 Å². The van der Waals surface area contributed by atoms with Crippen LogP contribution < -0.4 is 14.8 Å². The maximum absolute atomic E-state index is 13.4. The minimum atomic E-state index is -3.73. The number of hydrogen-bond donors (Lipinski definition) is 2. The summed E-state index contributed by atoms with van der Waals surface area (Å²) in [6.07, 6.45) is -2.66. The first kappa shape index (κ1) is 22.1. The Balaban J connectivity index is 1.41. The Morgan fingerprint density at radius 2 is 1.79 bits per heavy atom. The van der Waals surface area contributed by atoms with E-state index in [1.54, 1.807) is 24.3 Å². The number of nitrogens with zero attached hydrogens (tertiary/aromatic N) is 1. The second-order valence-corrected chi connectivity index (χ2v) is 8.63. The third-order valence-corrected chi connectivity index (χ3v) is 6.28. The summed E-state index contributed by atoms with van der Waals surface area (Å²) in [5.74, 6) is -1.42. The number of aromatic carboxylic acids is 1. The van der Waals surface area contributed by atoms with Crippen molar-refractivity contribution in [2.45, 2.75) is 31.5 Å². The molecule has 1 saturated carbocycles. The molecule has 0 atom stereocenters. The molecule has 1 aliphatic heterocycles. The molecule has 1 aromatic heterocycles. The molecule has 5 rings (SSSR count). The third-order valence-electron chi connectivity index (χ3n) is 5.95. The minimum absolute atomic E-state index is 0.0554. The first-order valence-corrected chi connectivity index (χ1v) is 10.7. The lowest BCUT2D eigenvalue weighted by molar-refractivity contribution is -0.286. The molecule has 10 heteroatoms. The summed E-state index contributed by atoms with van der Waals surface area (Å²) in [5, 5.41) is 12.3.